The summed E-state index contributed by atoms with van der Waals surface area (Å²) in [7, 11) is 0. The third kappa shape index (κ3) is 2.28. The molecular formula is C16H13NO. The van der Waals surface area contributed by atoms with E-state index in [9.17, 15) is 0 Å². The van der Waals surface area contributed by atoms with Crippen LogP contribution in [-0.2, 0) is 0 Å². The molecule has 3 rings (SSSR count). The summed E-state index contributed by atoms with van der Waals surface area (Å²) in [5.41, 5.74) is 3.23. The summed E-state index contributed by atoms with van der Waals surface area (Å²) in [5.74, 6) is 0.890. The number of nitrogens with one attached hydrogen (secondary N) is 1. The summed E-state index contributed by atoms with van der Waals surface area (Å²) in [5, 5.41) is 3.35. The highest BCUT2D eigenvalue weighted by Crippen LogP contribution is 2.23. The Hall–Kier alpha value is -2.48. The van der Waals surface area contributed by atoms with Crippen molar-refractivity contribution in [3.63, 3.8) is 0 Å². The molecule has 0 fully saturated rings. The highest BCUT2D eigenvalue weighted by Gasteiger charge is 2.00. The van der Waals surface area contributed by atoms with Crippen LogP contribution < -0.4 is 5.32 Å². The molecule has 0 spiro atoms. The average Bonchev–Trinajstić information content (AvgIpc) is 2.95. The second-order valence-electron chi connectivity index (χ2n) is 4.05. The fourth-order valence-electron chi connectivity index (χ4n) is 1.85. The lowest BCUT2D eigenvalue weighted by atomic mass is 10.1. The molecule has 2 nitrogen and oxygen atoms in total. The summed E-state index contributed by atoms with van der Waals surface area (Å²) < 4.78 is 5.36. The molecule has 88 valence electrons. The number of rotatable bonds is 3. The zero-order valence-corrected chi connectivity index (χ0v) is 9.84. The molecule has 0 aliphatic heterocycles. The molecule has 1 aromatic heterocycles. The lowest BCUT2D eigenvalue weighted by Gasteiger charge is -2.06. The van der Waals surface area contributed by atoms with Gasteiger partial charge >= 0.3 is 0 Å². The van der Waals surface area contributed by atoms with E-state index in [-0.39, 0.29) is 0 Å². The van der Waals surface area contributed by atoms with Gasteiger partial charge in [-0.05, 0) is 48.5 Å². The van der Waals surface area contributed by atoms with E-state index in [1.807, 2.05) is 66.7 Å². The first-order valence-corrected chi connectivity index (χ1v) is 5.88. The second-order valence-corrected chi connectivity index (χ2v) is 4.05. The van der Waals surface area contributed by atoms with Gasteiger partial charge in [-0.15, -0.1) is 0 Å². The molecule has 2 heteroatoms. The maximum Gasteiger partial charge on any atom is 0.133 e. The Kier molecular flexibility index (Phi) is 2.84. The van der Waals surface area contributed by atoms with Crippen LogP contribution in [-0.4, -0.2) is 0 Å². The highest BCUT2D eigenvalue weighted by atomic mass is 16.3. The smallest absolute Gasteiger partial charge is 0.133 e. The van der Waals surface area contributed by atoms with Gasteiger partial charge in [0.25, 0.3) is 0 Å². The van der Waals surface area contributed by atoms with Gasteiger partial charge < -0.3 is 9.73 Å². The molecule has 3 aromatic rings. The molecule has 1 N–H and O–H groups in total. The van der Waals surface area contributed by atoms with E-state index in [0.717, 1.165) is 22.7 Å². The van der Waals surface area contributed by atoms with Gasteiger partial charge in [0, 0.05) is 16.9 Å². The van der Waals surface area contributed by atoms with Crippen LogP contribution in [0.1, 0.15) is 0 Å². The van der Waals surface area contributed by atoms with Gasteiger partial charge in [0.2, 0.25) is 0 Å². The van der Waals surface area contributed by atoms with E-state index in [1.165, 1.54) is 0 Å². The monoisotopic (exact) mass is 235 g/mol. The normalized spacial score (nSPS) is 10.2. The van der Waals surface area contributed by atoms with E-state index >= 15 is 0 Å². The number of hydrogen-bond donors (Lipinski definition) is 1. The Labute approximate surface area is 106 Å². The lowest BCUT2D eigenvalue weighted by Crippen LogP contribution is -1.88. The van der Waals surface area contributed by atoms with Crippen LogP contribution in [0.25, 0.3) is 11.3 Å². The summed E-state index contributed by atoms with van der Waals surface area (Å²) in [6.45, 7) is 0. The van der Waals surface area contributed by atoms with Crippen molar-refractivity contribution in [2.45, 2.75) is 0 Å². The Morgan fingerprint density at radius 3 is 2.06 bits per heavy atom. The molecular weight excluding hydrogens is 222 g/mol. The van der Waals surface area contributed by atoms with Crippen LogP contribution in [0.4, 0.5) is 11.4 Å². The first-order chi connectivity index (χ1) is 8.92. The van der Waals surface area contributed by atoms with E-state index < -0.39 is 0 Å². The summed E-state index contributed by atoms with van der Waals surface area (Å²) in [6.07, 6.45) is 1.69. The Morgan fingerprint density at radius 2 is 1.39 bits per heavy atom. The number of para-hydroxylation sites is 1. The highest BCUT2D eigenvalue weighted by molar-refractivity contribution is 5.65. The van der Waals surface area contributed by atoms with Crippen molar-refractivity contribution >= 4 is 11.4 Å². The van der Waals surface area contributed by atoms with Crippen LogP contribution >= 0.6 is 0 Å². The fourth-order valence-corrected chi connectivity index (χ4v) is 1.85. The molecule has 0 saturated carbocycles. The lowest BCUT2D eigenvalue weighted by molar-refractivity contribution is 0.582. The van der Waals surface area contributed by atoms with Crippen LogP contribution in [0.3, 0.4) is 0 Å². The summed E-state index contributed by atoms with van der Waals surface area (Å²) >= 11 is 0. The van der Waals surface area contributed by atoms with Gasteiger partial charge in [-0.25, -0.2) is 0 Å². The van der Waals surface area contributed by atoms with Crippen LogP contribution in [0, 0.1) is 0 Å². The van der Waals surface area contributed by atoms with Crippen molar-refractivity contribution in [1.29, 1.82) is 0 Å². The third-order valence-corrected chi connectivity index (χ3v) is 2.75. The average molecular weight is 235 g/mol. The Balaban J connectivity index is 1.80. The molecule has 0 atom stereocenters. The summed E-state index contributed by atoms with van der Waals surface area (Å²) in [6, 6.07) is 22.2. The molecule has 18 heavy (non-hydrogen) atoms. The SMILES string of the molecule is c1ccc(Nc2ccc(-c3ccco3)cc2)cc1. The van der Waals surface area contributed by atoms with Crippen molar-refractivity contribution in [3.8, 4) is 11.3 Å². The van der Waals surface area contributed by atoms with Gasteiger partial charge in [0.15, 0.2) is 0 Å². The molecule has 1 heterocycles. The quantitative estimate of drug-likeness (QED) is 0.712. The maximum absolute atomic E-state index is 5.36. The molecule has 0 saturated heterocycles. The van der Waals surface area contributed by atoms with Crippen LogP contribution in [0.5, 0.6) is 0 Å². The first kappa shape index (κ1) is 10.7. The zero-order valence-electron chi connectivity index (χ0n) is 9.84. The molecule has 2 aromatic carbocycles. The topological polar surface area (TPSA) is 25.2 Å². The molecule has 0 aliphatic carbocycles. The van der Waals surface area contributed by atoms with Gasteiger partial charge in [0.05, 0.1) is 6.26 Å². The fraction of sp³-hybridized carbons (Fsp3) is 0. The number of furan rings is 1. The summed E-state index contributed by atoms with van der Waals surface area (Å²) in [4.78, 5) is 0. The van der Waals surface area contributed by atoms with Gasteiger partial charge in [0.1, 0.15) is 5.76 Å². The van der Waals surface area contributed by atoms with Gasteiger partial charge in [-0.3, -0.25) is 0 Å². The van der Waals surface area contributed by atoms with E-state index in [1.54, 1.807) is 6.26 Å². The molecule has 0 radical (unpaired) electrons. The molecule has 0 bridgehead atoms. The number of benzene rings is 2. The van der Waals surface area contributed by atoms with E-state index in [2.05, 4.69) is 5.32 Å². The number of anilines is 2. The minimum Gasteiger partial charge on any atom is -0.464 e. The predicted molar refractivity (Wildman–Crippen MR) is 73.9 cm³/mol. The van der Waals surface area contributed by atoms with Crippen molar-refractivity contribution < 1.29 is 4.42 Å². The van der Waals surface area contributed by atoms with Crippen molar-refractivity contribution in [1.82, 2.24) is 0 Å². The first-order valence-electron chi connectivity index (χ1n) is 5.88. The molecule has 0 amide bonds. The number of hydrogen-bond acceptors (Lipinski definition) is 2. The van der Waals surface area contributed by atoms with Crippen molar-refractivity contribution in [3.05, 3.63) is 73.0 Å². The van der Waals surface area contributed by atoms with E-state index in [4.69, 9.17) is 4.42 Å². The Bertz CT molecular complexity index is 597. The molecule has 0 aliphatic rings. The zero-order chi connectivity index (χ0) is 12.2. The molecule has 0 unspecified atom stereocenters. The van der Waals surface area contributed by atoms with E-state index in [0.29, 0.717) is 0 Å². The van der Waals surface area contributed by atoms with Crippen molar-refractivity contribution in [2.75, 3.05) is 5.32 Å². The Morgan fingerprint density at radius 1 is 0.667 bits per heavy atom. The van der Waals surface area contributed by atoms with Gasteiger partial charge in [-0.1, -0.05) is 18.2 Å². The van der Waals surface area contributed by atoms with Crippen LogP contribution in [0.2, 0.25) is 0 Å². The largest absolute Gasteiger partial charge is 0.464 e. The minimum absolute atomic E-state index is 0.890. The third-order valence-electron chi connectivity index (χ3n) is 2.75. The second kappa shape index (κ2) is 4.80. The maximum atomic E-state index is 5.36. The van der Waals surface area contributed by atoms with Crippen molar-refractivity contribution in [2.24, 2.45) is 0 Å². The van der Waals surface area contributed by atoms with Gasteiger partial charge in [-0.2, -0.15) is 0 Å². The predicted octanol–water partition coefficient (Wildman–Crippen LogP) is 4.69. The minimum atomic E-state index is 0.890. The van der Waals surface area contributed by atoms with Crippen LogP contribution in [0.15, 0.2) is 77.4 Å². The standard InChI is InChI=1S/C16H13NO/c1-2-5-14(6-3-1)17-15-10-8-13(9-11-15)16-7-4-12-18-16/h1-12,17H.